The third-order valence-electron chi connectivity index (χ3n) is 3.78. The summed E-state index contributed by atoms with van der Waals surface area (Å²) in [4.78, 5) is 17.2. The van der Waals surface area contributed by atoms with Crippen molar-refractivity contribution >= 4 is 45.6 Å². The molecule has 0 amide bonds. The molecule has 0 saturated heterocycles. The summed E-state index contributed by atoms with van der Waals surface area (Å²) in [6, 6.07) is 0. The number of hydrogen-bond acceptors (Lipinski definition) is 8. The van der Waals surface area contributed by atoms with Crippen LogP contribution in [0.3, 0.4) is 0 Å². The Balaban J connectivity index is 1.34. The van der Waals surface area contributed by atoms with Gasteiger partial charge in [-0.15, -0.1) is 23.5 Å². The Morgan fingerprint density at radius 1 is 0.769 bits per heavy atom. The van der Waals surface area contributed by atoms with E-state index in [0.29, 0.717) is 0 Å². The van der Waals surface area contributed by atoms with Crippen LogP contribution < -0.4 is 0 Å². The Labute approximate surface area is 158 Å². The molecular weight excluding hydrogens is 368 g/mol. The van der Waals surface area contributed by atoms with Crippen molar-refractivity contribution < 1.29 is 0 Å². The molecule has 0 aliphatic carbocycles. The maximum atomic E-state index is 4.36. The third-order valence-corrected chi connectivity index (χ3v) is 5.70. The van der Waals surface area contributed by atoms with Gasteiger partial charge >= 0.3 is 0 Å². The molecule has 4 aromatic rings. The molecular formula is C16H16N8S2. The number of aromatic nitrogens is 8. The van der Waals surface area contributed by atoms with E-state index >= 15 is 0 Å². The SMILES string of the molecule is Cn1ncc2c(SC/C=C/CSc3ncnc4c3cnn4C)ncnc21. The minimum atomic E-state index is 0.841. The molecule has 4 rings (SSSR count). The number of fused-ring (bicyclic) bond motifs is 2. The molecule has 0 atom stereocenters. The van der Waals surface area contributed by atoms with E-state index in [1.54, 1.807) is 45.5 Å². The van der Waals surface area contributed by atoms with Gasteiger partial charge in [-0.2, -0.15) is 10.2 Å². The average Bonchev–Trinajstić information content (AvgIpc) is 3.23. The maximum Gasteiger partial charge on any atom is 0.162 e. The van der Waals surface area contributed by atoms with Crippen LogP contribution in [0.15, 0.2) is 47.3 Å². The Hall–Kier alpha value is -2.46. The van der Waals surface area contributed by atoms with E-state index in [0.717, 1.165) is 43.6 Å². The van der Waals surface area contributed by atoms with Gasteiger partial charge in [-0.25, -0.2) is 19.9 Å². The minimum absolute atomic E-state index is 0.841. The summed E-state index contributed by atoms with van der Waals surface area (Å²) in [6.45, 7) is 0. The second-order valence-electron chi connectivity index (χ2n) is 5.46. The number of aryl methyl sites for hydroxylation is 2. The smallest absolute Gasteiger partial charge is 0.162 e. The molecule has 0 unspecified atom stereocenters. The monoisotopic (exact) mass is 384 g/mol. The van der Waals surface area contributed by atoms with E-state index in [1.807, 2.05) is 26.5 Å². The van der Waals surface area contributed by atoms with Crippen LogP contribution in [0.25, 0.3) is 22.1 Å². The van der Waals surface area contributed by atoms with Crippen molar-refractivity contribution in [3.05, 3.63) is 37.2 Å². The molecule has 0 N–H and O–H groups in total. The van der Waals surface area contributed by atoms with Crippen LogP contribution in [0.1, 0.15) is 0 Å². The molecule has 26 heavy (non-hydrogen) atoms. The minimum Gasteiger partial charge on any atom is -0.250 e. The van der Waals surface area contributed by atoms with Crippen LogP contribution in [-0.4, -0.2) is 51.0 Å². The Bertz CT molecular complexity index is 998. The highest BCUT2D eigenvalue weighted by Crippen LogP contribution is 2.25. The van der Waals surface area contributed by atoms with Gasteiger partial charge in [0.05, 0.1) is 23.2 Å². The molecule has 0 spiro atoms. The van der Waals surface area contributed by atoms with Crippen LogP contribution in [0.4, 0.5) is 0 Å². The van der Waals surface area contributed by atoms with Crippen molar-refractivity contribution in [1.82, 2.24) is 39.5 Å². The van der Waals surface area contributed by atoms with E-state index in [4.69, 9.17) is 0 Å². The van der Waals surface area contributed by atoms with Gasteiger partial charge in [0.15, 0.2) is 11.3 Å². The molecule has 10 heteroatoms. The highest BCUT2D eigenvalue weighted by atomic mass is 32.2. The second kappa shape index (κ2) is 7.42. The van der Waals surface area contributed by atoms with Crippen LogP contribution in [-0.2, 0) is 14.1 Å². The highest BCUT2D eigenvalue weighted by Gasteiger charge is 2.08. The molecule has 4 heterocycles. The first-order valence-electron chi connectivity index (χ1n) is 7.90. The van der Waals surface area contributed by atoms with Crippen LogP contribution in [0.5, 0.6) is 0 Å². The van der Waals surface area contributed by atoms with Gasteiger partial charge < -0.3 is 0 Å². The molecule has 0 fully saturated rings. The van der Waals surface area contributed by atoms with Crippen LogP contribution in [0, 0.1) is 0 Å². The van der Waals surface area contributed by atoms with E-state index < -0.39 is 0 Å². The van der Waals surface area contributed by atoms with Crippen molar-refractivity contribution in [2.75, 3.05) is 11.5 Å². The summed E-state index contributed by atoms with van der Waals surface area (Å²) in [5.41, 5.74) is 1.71. The summed E-state index contributed by atoms with van der Waals surface area (Å²) in [6.07, 6.45) is 11.1. The number of nitrogens with zero attached hydrogens (tertiary/aromatic N) is 8. The lowest BCUT2D eigenvalue weighted by Crippen LogP contribution is -1.93. The summed E-state index contributed by atoms with van der Waals surface area (Å²) in [5, 5.41) is 12.4. The number of hydrogen-bond donors (Lipinski definition) is 0. The van der Waals surface area contributed by atoms with E-state index in [1.165, 1.54) is 0 Å². The summed E-state index contributed by atoms with van der Waals surface area (Å²) in [5.74, 6) is 1.68. The molecule has 0 bridgehead atoms. The van der Waals surface area contributed by atoms with Gasteiger partial charge in [0.2, 0.25) is 0 Å². The first kappa shape index (κ1) is 17.0. The summed E-state index contributed by atoms with van der Waals surface area (Å²) < 4.78 is 3.52. The Kier molecular flexibility index (Phi) is 4.85. The van der Waals surface area contributed by atoms with Gasteiger partial charge in [0.25, 0.3) is 0 Å². The lowest BCUT2D eigenvalue weighted by molar-refractivity contribution is 0.784. The van der Waals surface area contributed by atoms with E-state index in [-0.39, 0.29) is 0 Å². The molecule has 0 radical (unpaired) electrons. The van der Waals surface area contributed by atoms with Crippen molar-refractivity contribution in [3.63, 3.8) is 0 Å². The highest BCUT2D eigenvalue weighted by molar-refractivity contribution is 7.99. The largest absolute Gasteiger partial charge is 0.250 e. The van der Waals surface area contributed by atoms with Crippen molar-refractivity contribution in [2.24, 2.45) is 14.1 Å². The van der Waals surface area contributed by atoms with E-state index in [9.17, 15) is 0 Å². The zero-order valence-corrected chi connectivity index (χ0v) is 15.9. The van der Waals surface area contributed by atoms with Gasteiger partial charge in [0, 0.05) is 25.6 Å². The molecule has 8 nitrogen and oxygen atoms in total. The van der Waals surface area contributed by atoms with Crippen molar-refractivity contribution in [1.29, 1.82) is 0 Å². The molecule has 0 aromatic carbocycles. The topological polar surface area (TPSA) is 87.2 Å². The molecule has 0 aliphatic heterocycles. The zero-order chi connectivity index (χ0) is 17.9. The lowest BCUT2D eigenvalue weighted by Gasteiger charge is -2.00. The first-order valence-corrected chi connectivity index (χ1v) is 9.87. The van der Waals surface area contributed by atoms with Gasteiger partial charge in [0.1, 0.15) is 22.7 Å². The fraction of sp³-hybridized carbons (Fsp3) is 0.250. The third kappa shape index (κ3) is 3.29. The lowest BCUT2D eigenvalue weighted by atomic mass is 10.4. The Morgan fingerprint density at radius 2 is 1.23 bits per heavy atom. The number of rotatable bonds is 6. The van der Waals surface area contributed by atoms with Gasteiger partial charge in [-0.1, -0.05) is 12.2 Å². The Morgan fingerprint density at radius 3 is 1.69 bits per heavy atom. The van der Waals surface area contributed by atoms with Crippen LogP contribution in [0.2, 0.25) is 0 Å². The normalized spacial score (nSPS) is 11.9. The standard InChI is InChI=1S/C16H16N8S2/c1-23-13-11(7-21-23)15(19-9-17-13)25-5-3-4-6-26-16-12-8-22-24(2)14(12)18-10-20-16/h3-4,7-10H,5-6H2,1-2H3/b4-3+. The average molecular weight is 384 g/mol. The molecule has 4 aromatic heterocycles. The zero-order valence-electron chi connectivity index (χ0n) is 14.3. The quantitative estimate of drug-likeness (QED) is 0.285. The van der Waals surface area contributed by atoms with E-state index in [2.05, 4.69) is 42.3 Å². The maximum absolute atomic E-state index is 4.36. The summed E-state index contributed by atoms with van der Waals surface area (Å²) in [7, 11) is 3.76. The predicted molar refractivity (Wildman–Crippen MR) is 103 cm³/mol. The predicted octanol–water partition coefficient (Wildman–Crippen LogP) is 2.48. The van der Waals surface area contributed by atoms with Crippen molar-refractivity contribution in [2.45, 2.75) is 10.1 Å². The fourth-order valence-corrected chi connectivity index (χ4v) is 4.12. The van der Waals surface area contributed by atoms with Crippen molar-refractivity contribution in [3.8, 4) is 0 Å². The first-order chi connectivity index (χ1) is 12.7. The fourth-order valence-electron chi connectivity index (χ4n) is 2.50. The molecule has 0 saturated carbocycles. The van der Waals surface area contributed by atoms with Crippen LogP contribution >= 0.6 is 23.5 Å². The summed E-state index contributed by atoms with van der Waals surface area (Å²) >= 11 is 3.35. The van der Waals surface area contributed by atoms with Gasteiger partial charge in [-0.3, -0.25) is 9.36 Å². The molecule has 0 aliphatic rings. The van der Waals surface area contributed by atoms with Gasteiger partial charge in [-0.05, 0) is 0 Å². The molecule has 132 valence electrons. The number of thioether (sulfide) groups is 2. The second-order valence-corrected chi connectivity index (χ2v) is 7.48.